The Hall–Kier alpha value is -0.400. The van der Waals surface area contributed by atoms with Gasteiger partial charge in [-0.1, -0.05) is 0 Å². The van der Waals surface area contributed by atoms with Crippen molar-refractivity contribution >= 4 is 22.6 Å². The lowest BCUT2D eigenvalue weighted by atomic mass is 10.3. The normalized spacial score (nSPS) is 11.8. The van der Waals surface area contributed by atoms with E-state index < -0.39 is 17.7 Å². The van der Waals surface area contributed by atoms with Gasteiger partial charge in [0.1, 0.15) is 0 Å². The van der Waals surface area contributed by atoms with E-state index in [1.54, 1.807) is 0 Å². The first-order valence-electron chi connectivity index (χ1n) is 2.79. The molecule has 0 N–H and O–H groups in total. The highest BCUT2D eigenvalue weighted by molar-refractivity contribution is 14.1. The number of rotatable bonds is 0. The first-order valence-corrected chi connectivity index (χ1v) is 3.87. The lowest BCUT2D eigenvalue weighted by molar-refractivity contribution is -0.138. The summed E-state index contributed by atoms with van der Waals surface area (Å²) in [5.41, 5.74) is -0.912. The molecule has 6 heteroatoms. The predicted molar refractivity (Wildman–Crippen MR) is 41.9 cm³/mol. The minimum atomic E-state index is -4.46. The van der Waals surface area contributed by atoms with Crippen LogP contribution in [0.1, 0.15) is 5.56 Å². The zero-order valence-electron chi connectivity index (χ0n) is 5.49. The lowest BCUT2D eigenvalue weighted by Gasteiger charge is -2.07. The van der Waals surface area contributed by atoms with Crippen molar-refractivity contribution in [2.75, 3.05) is 0 Å². The molecular formula is C6H2F4IN. The van der Waals surface area contributed by atoms with E-state index in [1.807, 2.05) is 0 Å². The minimum Gasteiger partial charge on any atom is -0.228 e. The second kappa shape index (κ2) is 3.15. The Kier molecular flexibility index (Phi) is 2.55. The zero-order chi connectivity index (χ0) is 9.35. The van der Waals surface area contributed by atoms with E-state index in [0.29, 0.717) is 6.20 Å². The number of alkyl halides is 3. The maximum absolute atomic E-state index is 12.3. The Morgan fingerprint density at radius 1 is 1.33 bits per heavy atom. The van der Waals surface area contributed by atoms with Crippen LogP contribution in [0.3, 0.4) is 0 Å². The molecule has 0 amide bonds. The van der Waals surface area contributed by atoms with E-state index in [2.05, 4.69) is 4.98 Å². The average molecular weight is 291 g/mol. The first kappa shape index (κ1) is 9.69. The van der Waals surface area contributed by atoms with E-state index >= 15 is 0 Å². The zero-order valence-corrected chi connectivity index (χ0v) is 7.65. The fraction of sp³-hybridized carbons (Fsp3) is 0.167. The topological polar surface area (TPSA) is 12.9 Å². The summed E-state index contributed by atoms with van der Waals surface area (Å²) < 4.78 is 48.1. The summed E-state index contributed by atoms with van der Waals surface area (Å²) in [6.07, 6.45) is -3.98. The molecule has 0 bridgehead atoms. The van der Waals surface area contributed by atoms with Crippen LogP contribution in [0.5, 0.6) is 0 Å². The summed E-state index contributed by atoms with van der Waals surface area (Å²) in [5.74, 6) is -0.910. The molecule has 0 saturated heterocycles. The highest BCUT2D eigenvalue weighted by atomic mass is 127. The molecule has 0 aliphatic heterocycles. The highest BCUT2D eigenvalue weighted by Gasteiger charge is 2.33. The third-order valence-corrected chi connectivity index (χ3v) is 2.02. The third-order valence-electron chi connectivity index (χ3n) is 1.13. The molecule has 12 heavy (non-hydrogen) atoms. The van der Waals surface area contributed by atoms with Crippen LogP contribution in [0.4, 0.5) is 17.6 Å². The van der Waals surface area contributed by atoms with Crippen LogP contribution >= 0.6 is 22.6 Å². The minimum absolute atomic E-state index is 0.187. The summed E-state index contributed by atoms with van der Waals surface area (Å²) in [5, 5.41) is 0. The Balaban J connectivity index is 3.19. The molecule has 66 valence electrons. The van der Waals surface area contributed by atoms with Crippen molar-refractivity contribution in [1.29, 1.82) is 0 Å². The number of hydrogen-bond acceptors (Lipinski definition) is 1. The molecule has 0 aliphatic carbocycles. The van der Waals surface area contributed by atoms with E-state index in [9.17, 15) is 17.6 Å². The molecule has 1 aromatic rings. The summed E-state index contributed by atoms with van der Waals surface area (Å²) in [6.45, 7) is 0. The second-order valence-corrected chi connectivity index (χ2v) is 3.15. The highest BCUT2D eigenvalue weighted by Crippen LogP contribution is 2.32. The van der Waals surface area contributed by atoms with Crippen molar-refractivity contribution < 1.29 is 17.6 Å². The molecule has 0 saturated carbocycles. The van der Waals surface area contributed by atoms with Crippen LogP contribution in [0, 0.1) is 9.52 Å². The molecular weight excluding hydrogens is 289 g/mol. The molecule has 1 aromatic heterocycles. The van der Waals surface area contributed by atoms with Gasteiger partial charge in [0, 0.05) is 15.8 Å². The molecule has 1 rings (SSSR count). The van der Waals surface area contributed by atoms with Gasteiger partial charge in [-0.2, -0.15) is 17.6 Å². The molecule has 0 fully saturated rings. The van der Waals surface area contributed by atoms with Gasteiger partial charge < -0.3 is 0 Å². The quantitative estimate of drug-likeness (QED) is 0.407. The molecule has 0 unspecified atom stereocenters. The monoisotopic (exact) mass is 291 g/mol. The summed E-state index contributed by atoms with van der Waals surface area (Å²) in [6, 6.07) is 0.739. The van der Waals surface area contributed by atoms with Crippen LogP contribution < -0.4 is 0 Å². The fourth-order valence-corrected chi connectivity index (χ4v) is 1.32. The number of halogens is 5. The van der Waals surface area contributed by atoms with Gasteiger partial charge in [0.05, 0.1) is 5.56 Å². The molecule has 0 aliphatic rings. The van der Waals surface area contributed by atoms with Crippen LogP contribution in [-0.2, 0) is 6.18 Å². The maximum atomic E-state index is 12.3. The van der Waals surface area contributed by atoms with Gasteiger partial charge >= 0.3 is 6.18 Å². The molecule has 1 heterocycles. The van der Waals surface area contributed by atoms with Crippen molar-refractivity contribution in [2.24, 2.45) is 0 Å². The van der Waals surface area contributed by atoms with Crippen LogP contribution in [0.15, 0.2) is 12.3 Å². The van der Waals surface area contributed by atoms with Gasteiger partial charge in [0.15, 0.2) is 0 Å². The lowest BCUT2D eigenvalue weighted by Crippen LogP contribution is -2.08. The third kappa shape index (κ3) is 2.05. The largest absolute Gasteiger partial charge is 0.418 e. The Bertz CT molecular complexity index is 296. The van der Waals surface area contributed by atoms with Crippen molar-refractivity contribution in [1.82, 2.24) is 4.98 Å². The maximum Gasteiger partial charge on any atom is 0.418 e. The molecule has 0 aromatic carbocycles. The SMILES string of the molecule is Fc1cc(I)c(C(F)(F)F)cn1. The molecule has 1 nitrogen and oxygen atoms in total. The number of pyridine rings is 1. The van der Waals surface area contributed by atoms with E-state index in [-0.39, 0.29) is 3.57 Å². The van der Waals surface area contributed by atoms with Gasteiger partial charge in [0.25, 0.3) is 0 Å². The van der Waals surface area contributed by atoms with Crippen molar-refractivity contribution in [3.8, 4) is 0 Å². The summed E-state index contributed by atoms with van der Waals surface area (Å²) >= 11 is 1.41. The van der Waals surface area contributed by atoms with Crippen molar-refractivity contribution in [3.05, 3.63) is 27.3 Å². The Labute approximate surface area is 78.9 Å². The van der Waals surface area contributed by atoms with Gasteiger partial charge in [-0.3, -0.25) is 0 Å². The predicted octanol–water partition coefficient (Wildman–Crippen LogP) is 2.84. The Morgan fingerprint density at radius 3 is 2.33 bits per heavy atom. The van der Waals surface area contributed by atoms with Crippen molar-refractivity contribution in [3.63, 3.8) is 0 Å². The number of aromatic nitrogens is 1. The standard InChI is InChI=1S/C6H2F4IN/c7-5-1-4(11)3(2-12-5)6(8,9)10/h1-2H. The molecule has 0 atom stereocenters. The molecule has 0 radical (unpaired) electrons. The number of hydrogen-bond donors (Lipinski definition) is 0. The molecule has 0 spiro atoms. The van der Waals surface area contributed by atoms with Gasteiger partial charge in [-0.25, -0.2) is 4.98 Å². The fourth-order valence-electron chi connectivity index (χ4n) is 0.616. The average Bonchev–Trinajstić information content (AvgIpc) is 1.83. The number of nitrogens with zero attached hydrogens (tertiary/aromatic N) is 1. The van der Waals surface area contributed by atoms with E-state index in [1.165, 1.54) is 22.6 Å². The summed E-state index contributed by atoms with van der Waals surface area (Å²) in [4.78, 5) is 2.91. The second-order valence-electron chi connectivity index (χ2n) is 1.98. The van der Waals surface area contributed by atoms with Crippen molar-refractivity contribution in [2.45, 2.75) is 6.18 Å². The summed E-state index contributed by atoms with van der Waals surface area (Å²) in [7, 11) is 0. The van der Waals surface area contributed by atoms with E-state index in [0.717, 1.165) is 6.07 Å². The van der Waals surface area contributed by atoms with Crippen LogP contribution in [0.25, 0.3) is 0 Å². The van der Waals surface area contributed by atoms with Crippen LogP contribution in [0.2, 0.25) is 0 Å². The smallest absolute Gasteiger partial charge is 0.228 e. The Morgan fingerprint density at radius 2 is 1.92 bits per heavy atom. The van der Waals surface area contributed by atoms with Gasteiger partial charge in [-0.15, -0.1) is 0 Å². The van der Waals surface area contributed by atoms with E-state index in [4.69, 9.17) is 0 Å². The van der Waals surface area contributed by atoms with Gasteiger partial charge in [-0.05, 0) is 22.6 Å². The first-order chi connectivity index (χ1) is 5.41. The van der Waals surface area contributed by atoms with Gasteiger partial charge in [0.2, 0.25) is 5.95 Å². The van der Waals surface area contributed by atoms with Crippen LogP contribution in [-0.4, -0.2) is 4.98 Å².